The molecular weight excluding hydrogens is 472 g/mol. The van der Waals surface area contributed by atoms with Crippen LogP contribution < -0.4 is 19.1 Å². The average Bonchev–Trinajstić information content (AvgIpc) is 2.87. The van der Waals surface area contributed by atoms with Crippen LogP contribution in [0.15, 0.2) is 82.6 Å². The zero-order chi connectivity index (χ0) is 24.6. The largest absolute Gasteiger partial charge is 0.496 e. The van der Waals surface area contributed by atoms with Gasteiger partial charge in [-0.2, -0.15) is 0 Å². The van der Waals surface area contributed by atoms with Crippen LogP contribution in [0.1, 0.15) is 12.5 Å². The van der Waals surface area contributed by atoms with Crippen molar-refractivity contribution in [2.45, 2.75) is 23.3 Å². The van der Waals surface area contributed by atoms with Crippen molar-refractivity contribution in [2.24, 2.45) is 0 Å². The fourth-order valence-electron chi connectivity index (χ4n) is 3.29. The Bertz CT molecular complexity index is 1200. The maximum atomic E-state index is 13.5. The van der Waals surface area contributed by atoms with Crippen LogP contribution in [0.2, 0.25) is 0 Å². The number of amides is 1. The summed E-state index contributed by atoms with van der Waals surface area (Å²) in [7, 11) is -2.44. The Morgan fingerprint density at radius 1 is 1.00 bits per heavy atom. The van der Waals surface area contributed by atoms with Gasteiger partial charge in [0.05, 0.1) is 24.3 Å². The zero-order valence-electron chi connectivity index (χ0n) is 19.4. The van der Waals surface area contributed by atoms with Crippen LogP contribution >= 0.6 is 11.8 Å². The van der Waals surface area contributed by atoms with Crippen LogP contribution in [0.3, 0.4) is 0 Å². The van der Waals surface area contributed by atoms with Crippen LogP contribution in [-0.4, -0.2) is 40.8 Å². The number of anilines is 1. The molecule has 180 valence electrons. The summed E-state index contributed by atoms with van der Waals surface area (Å²) in [6.07, 6.45) is 1.92. The summed E-state index contributed by atoms with van der Waals surface area (Å²) in [6.45, 7) is 2.20. The topological polar surface area (TPSA) is 84.9 Å². The molecule has 0 aromatic heterocycles. The highest BCUT2D eigenvalue weighted by Crippen LogP contribution is 2.27. The number of thioether (sulfide) groups is 1. The second-order valence-electron chi connectivity index (χ2n) is 7.20. The van der Waals surface area contributed by atoms with Gasteiger partial charge in [-0.05, 0) is 67.8 Å². The predicted molar refractivity (Wildman–Crippen MR) is 135 cm³/mol. The number of hydrogen-bond donors (Lipinski definition) is 1. The van der Waals surface area contributed by atoms with Crippen molar-refractivity contribution < 1.29 is 22.7 Å². The predicted octanol–water partition coefficient (Wildman–Crippen LogP) is 4.33. The molecule has 1 amide bonds. The fourth-order valence-corrected chi connectivity index (χ4v) is 5.12. The number of sulfonamides is 1. The molecule has 0 radical (unpaired) electrons. The van der Waals surface area contributed by atoms with Crippen molar-refractivity contribution >= 4 is 33.4 Å². The highest BCUT2D eigenvalue weighted by Gasteiger charge is 2.27. The lowest BCUT2D eigenvalue weighted by Gasteiger charge is -2.24. The lowest BCUT2D eigenvalue weighted by molar-refractivity contribution is -0.119. The van der Waals surface area contributed by atoms with Crippen molar-refractivity contribution in [3.63, 3.8) is 0 Å². The normalized spacial score (nSPS) is 11.0. The first-order valence-electron chi connectivity index (χ1n) is 10.7. The van der Waals surface area contributed by atoms with E-state index in [1.165, 1.54) is 11.8 Å². The minimum absolute atomic E-state index is 0.108. The van der Waals surface area contributed by atoms with E-state index in [1.807, 2.05) is 31.4 Å². The van der Waals surface area contributed by atoms with Gasteiger partial charge in [-0.15, -0.1) is 11.8 Å². The molecule has 0 spiro atoms. The van der Waals surface area contributed by atoms with Crippen molar-refractivity contribution in [3.05, 3.63) is 78.4 Å². The number of carbonyl (C=O) groups excluding carboxylic acids is 1. The van der Waals surface area contributed by atoms with Gasteiger partial charge < -0.3 is 14.8 Å². The molecule has 0 unspecified atom stereocenters. The van der Waals surface area contributed by atoms with Gasteiger partial charge in [0.15, 0.2) is 0 Å². The Labute approximate surface area is 205 Å². The molecule has 0 bridgehead atoms. The summed E-state index contributed by atoms with van der Waals surface area (Å²) < 4.78 is 39.0. The van der Waals surface area contributed by atoms with E-state index < -0.39 is 15.9 Å². The van der Waals surface area contributed by atoms with E-state index in [4.69, 9.17) is 9.47 Å². The van der Waals surface area contributed by atoms with Crippen LogP contribution in [0.4, 0.5) is 5.69 Å². The Kier molecular flexibility index (Phi) is 8.84. The molecule has 0 heterocycles. The van der Waals surface area contributed by atoms with Gasteiger partial charge in [-0.25, -0.2) is 8.42 Å². The first kappa shape index (κ1) is 25.5. The second-order valence-corrected chi connectivity index (χ2v) is 9.94. The van der Waals surface area contributed by atoms with E-state index in [0.29, 0.717) is 23.8 Å². The van der Waals surface area contributed by atoms with Crippen LogP contribution in [0.25, 0.3) is 0 Å². The van der Waals surface area contributed by atoms with Gasteiger partial charge in [0.25, 0.3) is 10.0 Å². The maximum absolute atomic E-state index is 13.5. The third-order valence-electron chi connectivity index (χ3n) is 5.04. The first-order chi connectivity index (χ1) is 16.4. The maximum Gasteiger partial charge on any atom is 0.264 e. The molecule has 3 aromatic carbocycles. The molecule has 3 aromatic rings. The molecule has 0 aliphatic heterocycles. The minimum atomic E-state index is -4.00. The van der Waals surface area contributed by atoms with Crippen LogP contribution in [0, 0.1) is 0 Å². The highest BCUT2D eigenvalue weighted by atomic mass is 32.2. The number of rotatable bonds is 11. The summed E-state index contributed by atoms with van der Waals surface area (Å²) >= 11 is 1.52. The van der Waals surface area contributed by atoms with Crippen molar-refractivity contribution in [1.82, 2.24) is 5.32 Å². The molecule has 7 nitrogen and oxygen atoms in total. The van der Waals surface area contributed by atoms with Gasteiger partial charge in [-0.1, -0.05) is 18.2 Å². The third-order valence-corrected chi connectivity index (χ3v) is 7.57. The number of hydrogen-bond acceptors (Lipinski definition) is 6. The van der Waals surface area contributed by atoms with Gasteiger partial charge in [-0.3, -0.25) is 9.10 Å². The Balaban J connectivity index is 1.87. The SMILES string of the molecule is CCOc1ccc(N(CC(=O)NCc2ccccc2OC)S(=O)(=O)c2ccc(SC)cc2)cc1. The van der Waals surface area contributed by atoms with E-state index in [9.17, 15) is 13.2 Å². The van der Waals surface area contributed by atoms with Gasteiger partial charge in [0, 0.05) is 17.0 Å². The molecule has 0 atom stereocenters. The van der Waals surface area contributed by atoms with Crippen LogP contribution in [-0.2, 0) is 21.4 Å². The number of ether oxygens (including phenoxy) is 2. The van der Waals surface area contributed by atoms with E-state index in [0.717, 1.165) is 14.8 Å². The molecule has 34 heavy (non-hydrogen) atoms. The number of para-hydroxylation sites is 1. The molecule has 0 saturated heterocycles. The Hall–Kier alpha value is -3.17. The summed E-state index contributed by atoms with van der Waals surface area (Å²) in [4.78, 5) is 13.9. The number of nitrogens with zero attached hydrogens (tertiary/aromatic N) is 1. The lowest BCUT2D eigenvalue weighted by atomic mass is 10.2. The van der Waals surface area contributed by atoms with E-state index >= 15 is 0 Å². The molecule has 1 N–H and O–H groups in total. The number of methoxy groups -OCH3 is 1. The molecule has 0 fully saturated rings. The minimum Gasteiger partial charge on any atom is -0.496 e. The summed E-state index contributed by atoms with van der Waals surface area (Å²) in [5.74, 6) is 0.824. The molecule has 0 aliphatic carbocycles. The number of benzene rings is 3. The van der Waals surface area contributed by atoms with Gasteiger partial charge in [0.2, 0.25) is 5.91 Å². The van der Waals surface area contributed by atoms with Crippen molar-refractivity contribution in [3.8, 4) is 11.5 Å². The zero-order valence-corrected chi connectivity index (χ0v) is 21.0. The average molecular weight is 501 g/mol. The quantitative estimate of drug-likeness (QED) is 0.395. The van der Waals surface area contributed by atoms with Gasteiger partial charge in [0.1, 0.15) is 18.0 Å². The molecular formula is C25H28N2O5S2. The second kappa shape index (κ2) is 11.8. The Morgan fingerprint density at radius 3 is 2.29 bits per heavy atom. The van der Waals surface area contributed by atoms with E-state index in [2.05, 4.69) is 5.32 Å². The summed E-state index contributed by atoms with van der Waals surface area (Å²) in [5.41, 5.74) is 1.16. The lowest BCUT2D eigenvalue weighted by Crippen LogP contribution is -2.40. The van der Waals surface area contributed by atoms with Gasteiger partial charge >= 0.3 is 0 Å². The van der Waals surface area contributed by atoms with E-state index in [1.54, 1.807) is 61.7 Å². The molecule has 0 aliphatic rings. The third kappa shape index (κ3) is 6.24. The Morgan fingerprint density at radius 2 is 1.68 bits per heavy atom. The van der Waals surface area contributed by atoms with E-state index in [-0.39, 0.29) is 18.0 Å². The summed E-state index contributed by atoms with van der Waals surface area (Å²) in [6, 6.07) is 20.6. The number of nitrogens with one attached hydrogen (secondary N) is 1. The monoisotopic (exact) mass is 500 g/mol. The standard InChI is InChI=1S/C25H28N2O5S2/c1-4-32-21-11-9-20(10-12-21)27(34(29,30)23-15-13-22(33-3)14-16-23)18-25(28)26-17-19-7-5-6-8-24(19)31-2/h5-16H,4,17-18H2,1-3H3,(H,26,28). The fraction of sp³-hybridized carbons (Fsp3) is 0.240. The molecule has 9 heteroatoms. The molecule has 3 rings (SSSR count). The first-order valence-corrected chi connectivity index (χ1v) is 13.3. The number of carbonyl (C=O) groups is 1. The van der Waals surface area contributed by atoms with Crippen molar-refractivity contribution in [2.75, 3.05) is 30.8 Å². The highest BCUT2D eigenvalue weighted by molar-refractivity contribution is 7.98. The van der Waals surface area contributed by atoms with Crippen molar-refractivity contribution in [1.29, 1.82) is 0 Å². The van der Waals surface area contributed by atoms with Crippen LogP contribution in [0.5, 0.6) is 11.5 Å². The summed E-state index contributed by atoms with van der Waals surface area (Å²) in [5, 5.41) is 2.79. The smallest absolute Gasteiger partial charge is 0.264 e. The molecule has 0 saturated carbocycles.